The maximum atomic E-state index is 2.37. The topological polar surface area (TPSA) is 3.24 Å². The summed E-state index contributed by atoms with van der Waals surface area (Å²) in [7, 11) is 0. The summed E-state index contributed by atoms with van der Waals surface area (Å²) < 4.78 is 0. The van der Waals surface area contributed by atoms with Gasteiger partial charge in [0, 0.05) is 22.5 Å². The van der Waals surface area contributed by atoms with Crippen molar-refractivity contribution in [3.8, 4) is 55.6 Å². The second-order valence-electron chi connectivity index (χ2n) is 16.5. The summed E-state index contributed by atoms with van der Waals surface area (Å²) >= 11 is 0. The van der Waals surface area contributed by atoms with Crippen LogP contribution < -0.4 is 4.90 Å². The van der Waals surface area contributed by atoms with Crippen LogP contribution in [0.1, 0.15) is 25.0 Å². The Labute approximate surface area is 352 Å². The molecule has 10 aromatic carbocycles. The highest BCUT2D eigenvalue weighted by Gasteiger charge is 2.36. The molecule has 284 valence electrons. The Bertz CT molecular complexity index is 3180. The molecular formula is C59H43N. The van der Waals surface area contributed by atoms with Gasteiger partial charge in [0.15, 0.2) is 0 Å². The lowest BCUT2D eigenvalue weighted by Gasteiger charge is -2.26. The van der Waals surface area contributed by atoms with Gasteiger partial charge in [-0.15, -0.1) is 0 Å². The van der Waals surface area contributed by atoms with Crippen molar-refractivity contribution in [3.05, 3.63) is 236 Å². The maximum absolute atomic E-state index is 2.37. The van der Waals surface area contributed by atoms with Crippen LogP contribution in [0.2, 0.25) is 0 Å². The van der Waals surface area contributed by atoms with Crippen LogP contribution in [0.5, 0.6) is 0 Å². The zero-order chi connectivity index (χ0) is 40.2. The first-order chi connectivity index (χ1) is 29.5. The summed E-state index contributed by atoms with van der Waals surface area (Å²) in [4.78, 5) is 2.37. The molecule has 10 aromatic rings. The molecule has 1 heteroatoms. The summed E-state index contributed by atoms with van der Waals surface area (Å²) in [6.07, 6.45) is 0. The Hall–Kier alpha value is -7.48. The number of anilines is 3. The molecule has 0 saturated carbocycles. The fraction of sp³-hybridized carbons (Fsp3) is 0.0508. The van der Waals surface area contributed by atoms with Crippen molar-refractivity contribution in [2.45, 2.75) is 19.3 Å². The molecule has 0 saturated heterocycles. The number of hydrogen-bond donors (Lipinski definition) is 0. The predicted molar refractivity (Wildman–Crippen MR) is 255 cm³/mol. The Kier molecular flexibility index (Phi) is 8.57. The first kappa shape index (κ1) is 35.7. The van der Waals surface area contributed by atoms with Crippen molar-refractivity contribution in [2.75, 3.05) is 4.90 Å². The molecule has 1 aliphatic carbocycles. The molecule has 0 bridgehead atoms. The minimum absolute atomic E-state index is 0.0394. The fourth-order valence-electron chi connectivity index (χ4n) is 9.53. The Morgan fingerprint density at radius 1 is 0.300 bits per heavy atom. The van der Waals surface area contributed by atoms with Gasteiger partial charge in [0.05, 0.1) is 0 Å². The number of hydrogen-bond acceptors (Lipinski definition) is 1. The average Bonchev–Trinajstić information content (AvgIpc) is 3.55. The molecule has 0 heterocycles. The van der Waals surface area contributed by atoms with Gasteiger partial charge in [-0.1, -0.05) is 196 Å². The quantitative estimate of drug-likeness (QED) is 0.156. The standard InChI is InChI=1S/C59H43N/c1-59(2)56-19-8-7-16-55(56)58-54(18-10-20-57(58)59)46-31-37-51(38-32-46)60(50-35-29-45(30-36-50)53-17-9-14-44-12-5-6-15-52(44)53)49-33-27-42(28-34-49)41-21-23-43(24-22-41)48-26-25-40-11-3-4-13-47(40)39-48/h3-39H,1-2H3. The molecule has 1 nitrogen and oxygen atoms in total. The second-order valence-corrected chi connectivity index (χ2v) is 16.5. The van der Waals surface area contributed by atoms with E-state index in [2.05, 4.69) is 243 Å². The zero-order valence-corrected chi connectivity index (χ0v) is 33.8. The van der Waals surface area contributed by atoms with Gasteiger partial charge in [0.1, 0.15) is 0 Å². The summed E-state index contributed by atoms with van der Waals surface area (Å²) in [6.45, 7) is 4.70. The summed E-state index contributed by atoms with van der Waals surface area (Å²) in [6, 6.07) is 82.3. The maximum Gasteiger partial charge on any atom is 0.0462 e. The Balaban J connectivity index is 0.952. The molecular weight excluding hydrogens is 723 g/mol. The summed E-state index contributed by atoms with van der Waals surface area (Å²) in [5, 5.41) is 5.04. The molecule has 0 N–H and O–H groups in total. The van der Waals surface area contributed by atoms with Crippen LogP contribution in [-0.2, 0) is 5.41 Å². The van der Waals surface area contributed by atoms with Crippen molar-refractivity contribution in [1.82, 2.24) is 0 Å². The SMILES string of the molecule is CC1(C)c2ccccc2-c2c(-c3ccc(N(c4ccc(-c5ccc(-c6ccc7ccccc7c6)cc5)cc4)c4ccc(-c5cccc6ccccc56)cc4)cc3)cccc21. The van der Waals surface area contributed by atoms with Gasteiger partial charge < -0.3 is 4.90 Å². The smallest absolute Gasteiger partial charge is 0.0462 e. The summed E-state index contributed by atoms with van der Waals surface area (Å²) in [5.74, 6) is 0. The van der Waals surface area contributed by atoms with Crippen molar-refractivity contribution in [3.63, 3.8) is 0 Å². The molecule has 11 rings (SSSR count). The van der Waals surface area contributed by atoms with Gasteiger partial charge in [0.25, 0.3) is 0 Å². The third-order valence-electron chi connectivity index (χ3n) is 12.7. The number of fused-ring (bicyclic) bond motifs is 5. The van der Waals surface area contributed by atoms with Gasteiger partial charge in [-0.05, 0) is 131 Å². The monoisotopic (exact) mass is 765 g/mol. The lowest BCUT2D eigenvalue weighted by molar-refractivity contribution is 0.660. The van der Waals surface area contributed by atoms with E-state index in [0.29, 0.717) is 0 Å². The van der Waals surface area contributed by atoms with E-state index in [1.54, 1.807) is 0 Å². The average molecular weight is 766 g/mol. The highest BCUT2D eigenvalue weighted by atomic mass is 15.1. The molecule has 1 aliphatic rings. The van der Waals surface area contributed by atoms with Gasteiger partial charge in [-0.3, -0.25) is 0 Å². The van der Waals surface area contributed by atoms with Crippen LogP contribution in [-0.4, -0.2) is 0 Å². The molecule has 0 fully saturated rings. The van der Waals surface area contributed by atoms with E-state index in [1.165, 1.54) is 88.3 Å². The minimum atomic E-state index is -0.0394. The predicted octanol–water partition coefficient (Wildman–Crippen LogP) is 16.4. The highest BCUT2D eigenvalue weighted by molar-refractivity contribution is 5.97. The van der Waals surface area contributed by atoms with Crippen LogP contribution >= 0.6 is 0 Å². The fourth-order valence-corrected chi connectivity index (χ4v) is 9.53. The Morgan fingerprint density at radius 2 is 0.733 bits per heavy atom. The lowest BCUT2D eigenvalue weighted by Crippen LogP contribution is -2.14. The van der Waals surface area contributed by atoms with Crippen molar-refractivity contribution in [2.24, 2.45) is 0 Å². The molecule has 60 heavy (non-hydrogen) atoms. The minimum Gasteiger partial charge on any atom is -0.311 e. The van der Waals surface area contributed by atoms with Crippen molar-refractivity contribution in [1.29, 1.82) is 0 Å². The van der Waals surface area contributed by atoms with Crippen LogP contribution in [0.25, 0.3) is 77.2 Å². The van der Waals surface area contributed by atoms with Gasteiger partial charge in [0.2, 0.25) is 0 Å². The van der Waals surface area contributed by atoms with E-state index in [9.17, 15) is 0 Å². The van der Waals surface area contributed by atoms with E-state index < -0.39 is 0 Å². The van der Waals surface area contributed by atoms with Crippen LogP contribution in [0.4, 0.5) is 17.1 Å². The third kappa shape index (κ3) is 6.10. The molecule has 0 spiro atoms. The molecule has 0 aliphatic heterocycles. The number of rotatable bonds is 7. The number of benzene rings is 10. The van der Waals surface area contributed by atoms with Crippen LogP contribution in [0, 0.1) is 0 Å². The van der Waals surface area contributed by atoms with Gasteiger partial charge in [-0.2, -0.15) is 0 Å². The van der Waals surface area contributed by atoms with E-state index in [0.717, 1.165) is 17.1 Å². The van der Waals surface area contributed by atoms with Crippen molar-refractivity contribution < 1.29 is 0 Å². The summed E-state index contributed by atoms with van der Waals surface area (Å²) in [5.41, 5.74) is 18.5. The first-order valence-corrected chi connectivity index (χ1v) is 20.9. The van der Waals surface area contributed by atoms with Crippen LogP contribution in [0.15, 0.2) is 224 Å². The second kappa shape index (κ2) is 14.4. The third-order valence-corrected chi connectivity index (χ3v) is 12.7. The van der Waals surface area contributed by atoms with E-state index in [4.69, 9.17) is 0 Å². The van der Waals surface area contributed by atoms with Gasteiger partial charge >= 0.3 is 0 Å². The van der Waals surface area contributed by atoms with E-state index in [1.807, 2.05) is 0 Å². The van der Waals surface area contributed by atoms with Gasteiger partial charge in [-0.25, -0.2) is 0 Å². The van der Waals surface area contributed by atoms with E-state index in [-0.39, 0.29) is 5.41 Å². The molecule has 0 aromatic heterocycles. The highest BCUT2D eigenvalue weighted by Crippen LogP contribution is 2.52. The largest absolute Gasteiger partial charge is 0.311 e. The molecule has 0 unspecified atom stereocenters. The zero-order valence-electron chi connectivity index (χ0n) is 33.8. The lowest BCUT2D eigenvalue weighted by atomic mass is 9.82. The Morgan fingerprint density at radius 3 is 1.42 bits per heavy atom. The molecule has 0 radical (unpaired) electrons. The molecule has 0 amide bonds. The van der Waals surface area contributed by atoms with Crippen LogP contribution in [0.3, 0.4) is 0 Å². The normalized spacial score (nSPS) is 12.6. The van der Waals surface area contributed by atoms with Crippen molar-refractivity contribution >= 4 is 38.6 Å². The molecule has 0 atom stereocenters. The first-order valence-electron chi connectivity index (χ1n) is 20.9. The number of nitrogens with zero attached hydrogens (tertiary/aromatic N) is 1. The van der Waals surface area contributed by atoms with E-state index >= 15 is 0 Å².